The van der Waals surface area contributed by atoms with E-state index < -0.39 is 6.29 Å². The number of aliphatic imine (C=N–C) groups is 1. The Bertz CT molecular complexity index is 1520. The lowest BCUT2D eigenvalue weighted by Gasteiger charge is -2.42. The summed E-state index contributed by atoms with van der Waals surface area (Å²) in [7, 11) is 0. The Morgan fingerprint density at radius 3 is 2.17 bits per heavy atom. The van der Waals surface area contributed by atoms with Crippen LogP contribution >= 0.6 is 0 Å². The third kappa shape index (κ3) is 20.2. The molecule has 0 radical (unpaired) electrons. The second-order valence-corrected chi connectivity index (χ2v) is 21.6. The van der Waals surface area contributed by atoms with Crippen LogP contribution in [0.25, 0.3) is 0 Å². The van der Waals surface area contributed by atoms with Gasteiger partial charge in [-0.2, -0.15) is 0 Å². The van der Waals surface area contributed by atoms with E-state index in [4.69, 9.17) is 23.7 Å². The van der Waals surface area contributed by atoms with Crippen molar-refractivity contribution in [1.82, 2.24) is 0 Å². The quantitative estimate of drug-likeness (QED) is 0.0347. The first-order valence-electron chi connectivity index (χ1n) is 26.2. The minimum Gasteiger partial charge on any atom is -0.466 e. The van der Waals surface area contributed by atoms with E-state index >= 15 is 0 Å². The number of carbonyl (C=O) groups is 3. The smallest absolute Gasteiger partial charge is 0.306 e. The van der Waals surface area contributed by atoms with E-state index in [1.807, 2.05) is 12.4 Å². The summed E-state index contributed by atoms with van der Waals surface area (Å²) in [4.78, 5) is 43.3. The van der Waals surface area contributed by atoms with Gasteiger partial charge in [0, 0.05) is 49.6 Å². The largest absolute Gasteiger partial charge is 0.466 e. The van der Waals surface area contributed by atoms with Crippen LogP contribution in [0.4, 0.5) is 0 Å². The second-order valence-electron chi connectivity index (χ2n) is 21.6. The number of hydrogen-bond acceptors (Lipinski definition) is 9. The van der Waals surface area contributed by atoms with Gasteiger partial charge in [-0.3, -0.25) is 19.4 Å². The number of unbranched alkanes of at least 4 members (excludes halogenated alkanes) is 3. The lowest BCUT2D eigenvalue weighted by atomic mass is 9.64. The fraction of sp³-hybridized carbons (Fsp3) is 0.821. The molecule has 2 fully saturated rings. The molecule has 1 aliphatic carbocycles. The second kappa shape index (κ2) is 29.9. The van der Waals surface area contributed by atoms with Gasteiger partial charge in [-0.1, -0.05) is 90.7 Å². The van der Waals surface area contributed by atoms with Gasteiger partial charge in [0.2, 0.25) is 0 Å². The monoisotopic (exact) mass is 910 g/mol. The van der Waals surface area contributed by atoms with Crippen LogP contribution in [-0.2, 0) is 38.1 Å². The first-order valence-corrected chi connectivity index (χ1v) is 26.2. The highest BCUT2D eigenvalue weighted by molar-refractivity contribution is 5.70. The van der Waals surface area contributed by atoms with Crippen molar-refractivity contribution in [2.24, 2.45) is 51.3 Å². The molecule has 0 aromatic carbocycles. The first-order chi connectivity index (χ1) is 31.0. The zero-order chi connectivity index (χ0) is 47.8. The van der Waals surface area contributed by atoms with E-state index in [1.165, 1.54) is 11.1 Å². The molecule has 0 spiro atoms. The minimum atomic E-state index is -0.395. The van der Waals surface area contributed by atoms with Crippen molar-refractivity contribution < 1.29 is 38.1 Å². The van der Waals surface area contributed by atoms with E-state index in [9.17, 15) is 14.4 Å². The molecule has 2 aliphatic heterocycles. The van der Waals surface area contributed by atoms with Gasteiger partial charge in [-0.25, -0.2) is 0 Å². The lowest BCUT2D eigenvalue weighted by molar-refractivity contribution is -0.164. The molecule has 9 nitrogen and oxygen atoms in total. The molecule has 2 heterocycles. The van der Waals surface area contributed by atoms with E-state index in [2.05, 4.69) is 99.4 Å². The highest BCUT2D eigenvalue weighted by Gasteiger charge is 2.56. The summed E-state index contributed by atoms with van der Waals surface area (Å²) in [5, 5.41) is 0. The van der Waals surface area contributed by atoms with Crippen LogP contribution in [-0.4, -0.2) is 62.4 Å². The van der Waals surface area contributed by atoms with Crippen molar-refractivity contribution in [3.63, 3.8) is 0 Å². The van der Waals surface area contributed by atoms with E-state index in [1.54, 1.807) is 0 Å². The number of hydrogen-bond donors (Lipinski definition) is 0. The summed E-state index contributed by atoms with van der Waals surface area (Å²) < 4.78 is 30.3. The Labute approximate surface area is 397 Å². The van der Waals surface area contributed by atoms with E-state index in [0.29, 0.717) is 87.4 Å². The molecule has 9 heteroatoms. The lowest BCUT2D eigenvalue weighted by Crippen LogP contribution is -2.40. The summed E-state index contributed by atoms with van der Waals surface area (Å²) in [5.74, 6) is 2.56. The number of nitrogens with zero attached hydrogens (tertiary/aromatic N) is 1. The van der Waals surface area contributed by atoms with Crippen LogP contribution in [0.3, 0.4) is 0 Å². The van der Waals surface area contributed by atoms with E-state index in [0.717, 1.165) is 96.3 Å². The fourth-order valence-electron chi connectivity index (χ4n) is 10.6. The molecule has 372 valence electrons. The Hall–Kier alpha value is -2.78. The average Bonchev–Trinajstić information content (AvgIpc) is 3.42. The van der Waals surface area contributed by atoms with Crippen molar-refractivity contribution >= 4 is 24.1 Å². The highest BCUT2D eigenvalue weighted by atomic mass is 16.7. The van der Waals surface area contributed by atoms with Gasteiger partial charge in [0.25, 0.3) is 0 Å². The summed E-state index contributed by atoms with van der Waals surface area (Å²) in [6, 6.07) is 0. The maximum absolute atomic E-state index is 13.1. The number of allylic oxidation sites excluding steroid dienone is 5. The molecule has 1 saturated heterocycles. The van der Waals surface area contributed by atoms with Crippen LogP contribution < -0.4 is 0 Å². The van der Waals surface area contributed by atoms with Crippen molar-refractivity contribution in [3.05, 3.63) is 35.6 Å². The molecule has 0 aromatic rings. The SMILES string of the molecule is CCC1(C)C(C)C[C@@H](OC(=O)CCCC(CCCCCCOC(=O)CCC2OCCC(C)C(CC=C(C)C)C(CCC=C(C)C)CCO2)OC(=O)CCCC(C)C2C=NC=CC2)C1(C)C. The zero-order valence-corrected chi connectivity index (χ0v) is 43.3. The standard InChI is InChI=1S/C56H95NO8/c1-12-56(11)45(8)39-50(55(56,9)10)65-53(60)28-19-26-48(64-52(59)27-18-22-43(6)47-24-20-35-57-40-47)25-15-13-14-16-36-61-51(58)31-32-54-62-37-33-44(7)49(30-29-42(4)5)46(34-38-63-54)23-17-21-41(2)3/h20-21,29,35,40,43-50,54H,12-19,22-28,30-34,36-39H2,1-11H3/t43?,44?,45?,46?,47?,48?,49?,50-,54?,56?/m1/s1. The molecule has 10 atom stereocenters. The van der Waals surface area contributed by atoms with Crippen molar-refractivity contribution in [1.29, 1.82) is 0 Å². The number of esters is 3. The molecule has 9 unspecified atom stereocenters. The third-order valence-corrected chi connectivity index (χ3v) is 16.0. The number of rotatable bonds is 27. The molecule has 0 aromatic heterocycles. The zero-order valence-electron chi connectivity index (χ0n) is 43.3. The molecule has 3 rings (SSSR count). The fourth-order valence-corrected chi connectivity index (χ4v) is 10.6. The predicted molar refractivity (Wildman–Crippen MR) is 265 cm³/mol. The molecule has 65 heavy (non-hydrogen) atoms. The Morgan fingerprint density at radius 2 is 1.49 bits per heavy atom. The Balaban J connectivity index is 1.40. The maximum Gasteiger partial charge on any atom is 0.306 e. The molecule has 3 aliphatic rings. The summed E-state index contributed by atoms with van der Waals surface area (Å²) >= 11 is 0. The molecule has 1 saturated carbocycles. The highest BCUT2D eigenvalue weighted by Crippen LogP contribution is 2.58. The molecular formula is C56H95NO8. The topological polar surface area (TPSA) is 110 Å². The summed E-state index contributed by atoms with van der Waals surface area (Å²) in [6.45, 7) is 26.3. The number of ether oxygens (including phenoxy) is 5. The van der Waals surface area contributed by atoms with Gasteiger partial charge in [0.1, 0.15) is 12.2 Å². The normalized spacial score (nSPS) is 27.6. The van der Waals surface area contributed by atoms with Crippen LogP contribution in [0.5, 0.6) is 0 Å². The van der Waals surface area contributed by atoms with Crippen molar-refractivity contribution in [2.45, 2.75) is 229 Å². The summed E-state index contributed by atoms with van der Waals surface area (Å²) in [5.41, 5.74) is 2.78. The third-order valence-electron chi connectivity index (χ3n) is 16.0. The Kier molecular flexibility index (Phi) is 26.0. The predicted octanol–water partition coefficient (Wildman–Crippen LogP) is 14.3. The van der Waals surface area contributed by atoms with Gasteiger partial charge in [-0.05, 0) is 159 Å². The van der Waals surface area contributed by atoms with E-state index in [-0.39, 0.29) is 47.4 Å². The first kappa shape index (κ1) is 56.5. The molecule has 0 N–H and O–H groups in total. The number of carbonyl (C=O) groups excluding carboxylic acids is 3. The molecule has 0 bridgehead atoms. The van der Waals surface area contributed by atoms with Gasteiger partial charge in [0.05, 0.1) is 19.6 Å². The van der Waals surface area contributed by atoms with Crippen molar-refractivity contribution in [2.75, 3.05) is 19.8 Å². The molecular weight excluding hydrogens is 815 g/mol. The van der Waals surface area contributed by atoms with Crippen LogP contribution in [0.2, 0.25) is 0 Å². The van der Waals surface area contributed by atoms with Gasteiger partial charge >= 0.3 is 17.9 Å². The average molecular weight is 910 g/mol. The van der Waals surface area contributed by atoms with Gasteiger partial charge in [-0.15, -0.1) is 0 Å². The summed E-state index contributed by atoms with van der Waals surface area (Å²) in [6.07, 6.45) is 27.1. The minimum absolute atomic E-state index is 0.0870. The van der Waals surface area contributed by atoms with Crippen LogP contribution in [0.1, 0.15) is 211 Å². The van der Waals surface area contributed by atoms with Crippen molar-refractivity contribution in [3.8, 4) is 0 Å². The van der Waals surface area contributed by atoms with Gasteiger partial charge < -0.3 is 23.7 Å². The molecule has 0 amide bonds. The van der Waals surface area contributed by atoms with Crippen LogP contribution in [0.15, 0.2) is 40.6 Å². The van der Waals surface area contributed by atoms with Crippen LogP contribution in [0, 0.1) is 46.3 Å². The Morgan fingerprint density at radius 1 is 0.815 bits per heavy atom. The van der Waals surface area contributed by atoms with Gasteiger partial charge in [0.15, 0.2) is 6.29 Å². The maximum atomic E-state index is 13.1.